The van der Waals surface area contributed by atoms with Gasteiger partial charge in [-0.25, -0.2) is 4.79 Å². The number of carbonyl (C=O) groups is 2. The van der Waals surface area contributed by atoms with E-state index >= 15 is 0 Å². The molecule has 6 heteroatoms. The maximum atomic E-state index is 11.4. The molecule has 19 heavy (non-hydrogen) atoms. The average molecular weight is 263 g/mol. The molecule has 0 bridgehead atoms. The Morgan fingerprint density at radius 1 is 1.37 bits per heavy atom. The van der Waals surface area contributed by atoms with Gasteiger partial charge in [0.15, 0.2) is 6.29 Å². The third kappa shape index (κ3) is 3.45. The van der Waals surface area contributed by atoms with Crippen LogP contribution in [0.3, 0.4) is 0 Å². The van der Waals surface area contributed by atoms with Crippen molar-refractivity contribution in [1.82, 2.24) is 10.6 Å². The molecule has 6 nitrogen and oxygen atoms in total. The number of esters is 1. The maximum Gasteiger partial charge on any atom is 0.337 e. The highest BCUT2D eigenvalue weighted by molar-refractivity contribution is 5.89. The third-order valence-electron chi connectivity index (χ3n) is 2.87. The number of nitrogens with one attached hydrogen (secondary N) is 3. The van der Waals surface area contributed by atoms with Crippen molar-refractivity contribution in [1.29, 1.82) is 0 Å². The summed E-state index contributed by atoms with van der Waals surface area (Å²) in [6, 6.07) is 6.99. The minimum atomic E-state index is -0.371. The second kappa shape index (κ2) is 5.71. The lowest BCUT2D eigenvalue weighted by Gasteiger charge is -2.30. The largest absolute Gasteiger partial charge is 0.465 e. The first-order valence-electron chi connectivity index (χ1n) is 6.09. The van der Waals surface area contributed by atoms with Gasteiger partial charge in [0.1, 0.15) is 0 Å². The van der Waals surface area contributed by atoms with Crippen LogP contribution >= 0.6 is 0 Å². The Kier molecular flexibility index (Phi) is 4.01. The Morgan fingerprint density at radius 2 is 2.05 bits per heavy atom. The van der Waals surface area contributed by atoms with Crippen LogP contribution in [0, 0.1) is 0 Å². The molecule has 0 radical (unpaired) electrons. The molecular weight excluding hydrogens is 246 g/mol. The number of carbonyl (C=O) groups excluding carboxylic acids is 2. The van der Waals surface area contributed by atoms with Crippen LogP contribution in [0.2, 0.25) is 0 Å². The van der Waals surface area contributed by atoms with Gasteiger partial charge in [0.25, 0.3) is 0 Å². The normalized spacial score (nSPS) is 22.5. The van der Waals surface area contributed by atoms with Crippen molar-refractivity contribution in [3.63, 3.8) is 0 Å². The molecule has 1 saturated heterocycles. The SMILES string of the molecule is COC(=O)c1ccc(NC2NC(=O)CC(C)N2)cc1. The summed E-state index contributed by atoms with van der Waals surface area (Å²) in [4.78, 5) is 22.7. The molecule has 1 aliphatic rings. The van der Waals surface area contributed by atoms with Crippen molar-refractivity contribution in [2.75, 3.05) is 12.4 Å². The second-order valence-corrected chi connectivity index (χ2v) is 4.49. The quantitative estimate of drug-likeness (QED) is 0.698. The topological polar surface area (TPSA) is 79.5 Å². The molecule has 1 aromatic carbocycles. The van der Waals surface area contributed by atoms with Gasteiger partial charge in [-0.2, -0.15) is 0 Å². The van der Waals surface area contributed by atoms with Crippen molar-refractivity contribution in [3.05, 3.63) is 29.8 Å². The van der Waals surface area contributed by atoms with E-state index in [-0.39, 0.29) is 24.2 Å². The Labute approximate surface area is 111 Å². The summed E-state index contributed by atoms with van der Waals surface area (Å²) in [7, 11) is 1.34. The predicted octanol–water partition coefficient (Wildman–Crippen LogP) is 0.667. The Hall–Kier alpha value is -2.08. The number of methoxy groups -OCH3 is 1. The van der Waals surface area contributed by atoms with Crippen molar-refractivity contribution >= 4 is 17.6 Å². The second-order valence-electron chi connectivity index (χ2n) is 4.49. The summed E-state index contributed by atoms with van der Waals surface area (Å²) in [5.74, 6) is -0.362. The zero-order valence-corrected chi connectivity index (χ0v) is 10.9. The van der Waals surface area contributed by atoms with E-state index < -0.39 is 0 Å². The highest BCUT2D eigenvalue weighted by Crippen LogP contribution is 2.12. The van der Waals surface area contributed by atoms with Crippen molar-refractivity contribution in [2.45, 2.75) is 25.7 Å². The molecule has 1 aliphatic heterocycles. The van der Waals surface area contributed by atoms with Crippen LogP contribution < -0.4 is 16.0 Å². The lowest BCUT2D eigenvalue weighted by atomic mass is 10.2. The molecule has 1 aromatic rings. The van der Waals surface area contributed by atoms with Crippen molar-refractivity contribution < 1.29 is 14.3 Å². The Balaban J connectivity index is 1.99. The standard InChI is InChI=1S/C13H17N3O3/c1-8-7-11(17)16-13(14-8)15-10-5-3-9(4-6-10)12(18)19-2/h3-6,8,13-15H,7H2,1-2H3,(H,16,17). The van der Waals surface area contributed by atoms with Crippen LogP contribution in [0.25, 0.3) is 0 Å². The Bertz CT molecular complexity index is 473. The van der Waals surface area contributed by atoms with E-state index in [4.69, 9.17) is 0 Å². The van der Waals surface area contributed by atoms with Crippen molar-refractivity contribution in [3.8, 4) is 0 Å². The Morgan fingerprint density at radius 3 is 2.63 bits per heavy atom. The highest BCUT2D eigenvalue weighted by atomic mass is 16.5. The lowest BCUT2D eigenvalue weighted by Crippen LogP contribution is -2.59. The smallest absolute Gasteiger partial charge is 0.337 e. The highest BCUT2D eigenvalue weighted by Gasteiger charge is 2.22. The number of ether oxygens (including phenoxy) is 1. The first kappa shape index (κ1) is 13.4. The monoisotopic (exact) mass is 263 g/mol. The maximum absolute atomic E-state index is 11.4. The van der Waals surface area contributed by atoms with E-state index in [9.17, 15) is 9.59 Å². The van der Waals surface area contributed by atoms with Gasteiger partial charge in [-0.05, 0) is 31.2 Å². The van der Waals surface area contributed by atoms with E-state index in [0.717, 1.165) is 5.69 Å². The molecular formula is C13H17N3O3. The molecule has 1 amide bonds. The molecule has 3 N–H and O–H groups in total. The predicted molar refractivity (Wildman–Crippen MR) is 70.5 cm³/mol. The van der Waals surface area contributed by atoms with E-state index in [1.165, 1.54) is 7.11 Å². The summed E-state index contributed by atoms with van der Waals surface area (Å²) in [6.45, 7) is 1.95. The van der Waals surface area contributed by atoms with Gasteiger partial charge in [0, 0.05) is 18.2 Å². The van der Waals surface area contributed by atoms with Gasteiger partial charge < -0.3 is 15.4 Å². The summed E-state index contributed by atoms with van der Waals surface area (Å²) in [6.07, 6.45) is 0.166. The molecule has 1 heterocycles. The molecule has 102 valence electrons. The fraction of sp³-hybridized carbons (Fsp3) is 0.385. The molecule has 2 rings (SSSR count). The van der Waals surface area contributed by atoms with Gasteiger partial charge >= 0.3 is 5.97 Å². The van der Waals surface area contributed by atoms with Gasteiger partial charge in [0.05, 0.1) is 12.7 Å². The van der Waals surface area contributed by atoms with Crippen LogP contribution in [0.5, 0.6) is 0 Å². The number of benzene rings is 1. The zero-order valence-electron chi connectivity index (χ0n) is 10.9. The lowest BCUT2D eigenvalue weighted by molar-refractivity contribution is -0.123. The summed E-state index contributed by atoms with van der Waals surface area (Å²) >= 11 is 0. The van der Waals surface area contributed by atoms with Gasteiger partial charge in [0.2, 0.25) is 5.91 Å². The van der Waals surface area contributed by atoms with Crippen LogP contribution in [0.1, 0.15) is 23.7 Å². The fourth-order valence-corrected chi connectivity index (χ4v) is 1.95. The average Bonchev–Trinajstić information content (AvgIpc) is 2.37. The first-order valence-corrected chi connectivity index (χ1v) is 6.09. The van der Waals surface area contributed by atoms with Crippen LogP contribution in [0.15, 0.2) is 24.3 Å². The summed E-state index contributed by atoms with van der Waals surface area (Å²) < 4.78 is 4.63. The molecule has 0 spiro atoms. The van der Waals surface area contributed by atoms with E-state index in [1.54, 1.807) is 24.3 Å². The zero-order chi connectivity index (χ0) is 13.8. The van der Waals surface area contributed by atoms with Gasteiger partial charge in [-0.3, -0.25) is 10.1 Å². The van der Waals surface area contributed by atoms with E-state index in [1.807, 2.05) is 6.92 Å². The minimum absolute atomic E-state index is 0.00920. The van der Waals surface area contributed by atoms with Gasteiger partial charge in [-0.1, -0.05) is 0 Å². The number of hydrogen-bond acceptors (Lipinski definition) is 5. The molecule has 0 aliphatic carbocycles. The van der Waals surface area contributed by atoms with Crippen LogP contribution in [-0.2, 0) is 9.53 Å². The summed E-state index contributed by atoms with van der Waals surface area (Å²) in [5, 5.41) is 9.13. The van der Waals surface area contributed by atoms with Crippen LogP contribution in [0.4, 0.5) is 5.69 Å². The van der Waals surface area contributed by atoms with E-state index in [0.29, 0.717) is 12.0 Å². The molecule has 1 fully saturated rings. The first-order chi connectivity index (χ1) is 9.08. The molecule has 0 saturated carbocycles. The third-order valence-corrected chi connectivity index (χ3v) is 2.87. The van der Waals surface area contributed by atoms with E-state index in [2.05, 4.69) is 20.7 Å². The number of amides is 1. The molecule has 0 aromatic heterocycles. The number of anilines is 1. The van der Waals surface area contributed by atoms with Crippen molar-refractivity contribution in [2.24, 2.45) is 0 Å². The number of hydrogen-bond donors (Lipinski definition) is 3. The van der Waals surface area contributed by atoms with Gasteiger partial charge in [-0.15, -0.1) is 0 Å². The molecule has 2 unspecified atom stereocenters. The minimum Gasteiger partial charge on any atom is -0.465 e. The fourth-order valence-electron chi connectivity index (χ4n) is 1.95. The summed E-state index contributed by atoms with van der Waals surface area (Å²) in [5.41, 5.74) is 1.29. The van der Waals surface area contributed by atoms with Crippen LogP contribution in [-0.4, -0.2) is 31.3 Å². The molecule has 2 atom stereocenters. The number of rotatable bonds is 3.